The first kappa shape index (κ1) is 15.9. The number of terminal acetylenes is 1. The highest BCUT2D eigenvalue weighted by molar-refractivity contribution is 6.33. The summed E-state index contributed by atoms with van der Waals surface area (Å²) in [7, 11) is 0. The zero-order chi connectivity index (χ0) is 15.5. The summed E-state index contributed by atoms with van der Waals surface area (Å²) in [5.41, 5.74) is -0.581. The van der Waals surface area contributed by atoms with E-state index < -0.39 is 5.54 Å². The molecule has 0 unspecified atom stereocenters. The second-order valence-electron chi connectivity index (χ2n) is 5.78. The number of aliphatic hydroxyl groups is 1. The van der Waals surface area contributed by atoms with E-state index in [4.69, 9.17) is 18.0 Å². The molecule has 1 aliphatic rings. The number of aliphatic hydroxyl groups excluding tert-OH is 1. The predicted molar refractivity (Wildman–Crippen MR) is 83.4 cm³/mol. The Morgan fingerprint density at radius 1 is 1.62 bits per heavy atom. The number of nitrogens with zero attached hydrogens (tertiary/aromatic N) is 2. The molecule has 0 aliphatic heterocycles. The summed E-state index contributed by atoms with van der Waals surface area (Å²) in [6.45, 7) is 2.25. The van der Waals surface area contributed by atoms with Crippen molar-refractivity contribution in [3.05, 3.63) is 21.6 Å². The smallest absolute Gasteiger partial charge is 0.292 e. The summed E-state index contributed by atoms with van der Waals surface area (Å²) < 4.78 is 1.19. The lowest BCUT2D eigenvalue weighted by Gasteiger charge is -2.39. The van der Waals surface area contributed by atoms with Crippen LogP contribution in [0, 0.1) is 18.3 Å². The number of hydrogen-bond donors (Lipinski definition) is 2. The van der Waals surface area contributed by atoms with Crippen molar-refractivity contribution in [2.24, 2.45) is 5.92 Å². The first-order valence-electron chi connectivity index (χ1n) is 7.09. The third-order valence-electron chi connectivity index (χ3n) is 4.16. The molecule has 1 saturated carbocycles. The van der Waals surface area contributed by atoms with E-state index in [1.807, 2.05) is 0 Å². The molecule has 1 heterocycles. The average molecular weight is 310 g/mol. The number of rotatable bonds is 4. The molecule has 2 N–H and O–H groups in total. The maximum absolute atomic E-state index is 12.4. The molecule has 0 atom stereocenters. The van der Waals surface area contributed by atoms with Crippen LogP contribution in [0.1, 0.15) is 32.6 Å². The van der Waals surface area contributed by atoms with E-state index in [-0.39, 0.29) is 29.4 Å². The van der Waals surface area contributed by atoms with Crippen molar-refractivity contribution in [2.75, 3.05) is 11.9 Å². The van der Waals surface area contributed by atoms with Gasteiger partial charge in [0, 0.05) is 0 Å². The molecule has 0 saturated heterocycles. The van der Waals surface area contributed by atoms with Crippen LogP contribution in [0.25, 0.3) is 0 Å². The van der Waals surface area contributed by atoms with Gasteiger partial charge in [0.05, 0.1) is 23.4 Å². The standard InChI is InChI=1S/C15H20ClN3O2/c1-3-8-19-14(21)13(12(16)9-17-19)18-15(10-20)6-4-11(2)5-7-15/h1,9,11,18,20H,4-8,10H2,2H3. The van der Waals surface area contributed by atoms with Crippen LogP contribution < -0.4 is 10.9 Å². The summed E-state index contributed by atoms with van der Waals surface area (Å²) in [5, 5.41) is 17.1. The average Bonchev–Trinajstić information content (AvgIpc) is 2.49. The van der Waals surface area contributed by atoms with Crippen LogP contribution in [0.15, 0.2) is 11.0 Å². The monoisotopic (exact) mass is 309 g/mol. The lowest BCUT2D eigenvalue weighted by Crippen LogP contribution is -2.47. The number of aromatic nitrogens is 2. The van der Waals surface area contributed by atoms with Crippen LogP contribution >= 0.6 is 11.6 Å². The number of hydrogen-bond acceptors (Lipinski definition) is 4. The maximum atomic E-state index is 12.4. The van der Waals surface area contributed by atoms with Gasteiger partial charge in [-0.1, -0.05) is 24.4 Å². The lowest BCUT2D eigenvalue weighted by atomic mass is 9.77. The Morgan fingerprint density at radius 2 is 2.29 bits per heavy atom. The molecule has 1 fully saturated rings. The van der Waals surface area contributed by atoms with E-state index in [2.05, 4.69) is 23.3 Å². The number of anilines is 1. The van der Waals surface area contributed by atoms with Crippen molar-refractivity contribution >= 4 is 17.3 Å². The van der Waals surface area contributed by atoms with Crippen LogP contribution in [0.3, 0.4) is 0 Å². The fourth-order valence-corrected chi connectivity index (χ4v) is 2.86. The Bertz CT molecular complexity index is 598. The summed E-state index contributed by atoms with van der Waals surface area (Å²) in [5.74, 6) is 3.02. The minimum absolute atomic E-state index is 0.0348. The lowest BCUT2D eigenvalue weighted by molar-refractivity contribution is 0.155. The van der Waals surface area contributed by atoms with Gasteiger partial charge in [0.2, 0.25) is 0 Å². The van der Waals surface area contributed by atoms with Crippen LogP contribution in [0.4, 0.5) is 5.69 Å². The third-order valence-corrected chi connectivity index (χ3v) is 4.45. The van der Waals surface area contributed by atoms with Gasteiger partial charge < -0.3 is 10.4 Å². The molecule has 0 radical (unpaired) electrons. The van der Waals surface area contributed by atoms with Gasteiger partial charge in [0.1, 0.15) is 12.2 Å². The maximum Gasteiger partial charge on any atom is 0.292 e. The van der Waals surface area contributed by atoms with Gasteiger partial charge in [-0.15, -0.1) is 6.42 Å². The molecule has 0 spiro atoms. The Kier molecular flexibility index (Phi) is 4.92. The summed E-state index contributed by atoms with van der Waals surface area (Å²) in [6.07, 6.45) is 10.3. The largest absolute Gasteiger partial charge is 0.394 e. The molecular weight excluding hydrogens is 290 g/mol. The van der Waals surface area contributed by atoms with Gasteiger partial charge in [0.15, 0.2) is 0 Å². The zero-order valence-electron chi connectivity index (χ0n) is 12.1. The fraction of sp³-hybridized carbons (Fsp3) is 0.600. The van der Waals surface area contributed by atoms with Gasteiger partial charge in [-0.2, -0.15) is 5.10 Å². The van der Waals surface area contributed by atoms with E-state index in [9.17, 15) is 9.90 Å². The summed E-state index contributed by atoms with van der Waals surface area (Å²) >= 11 is 6.10. The van der Waals surface area contributed by atoms with E-state index >= 15 is 0 Å². The minimum atomic E-state index is -0.495. The zero-order valence-corrected chi connectivity index (χ0v) is 12.9. The molecule has 5 nitrogen and oxygen atoms in total. The second-order valence-corrected chi connectivity index (χ2v) is 6.19. The molecule has 0 amide bonds. The number of halogens is 1. The summed E-state index contributed by atoms with van der Waals surface area (Å²) in [4.78, 5) is 12.4. The van der Waals surface area contributed by atoms with Gasteiger partial charge >= 0.3 is 0 Å². The molecule has 0 aromatic carbocycles. The van der Waals surface area contributed by atoms with Crippen LogP contribution in [0.2, 0.25) is 5.02 Å². The molecular formula is C15H20ClN3O2. The normalized spacial score (nSPS) is 25.3. The topological polar surface area (TPSA) is 67.2 Å². The third kappa shape index (κ3) is 3.39. The molecule has 6 heteroatoms. The van der Waals surface area contributed by atoms with Crippen LogP contribution in [0.5, 0.6) is 0 Å². The SMILES string of the molecule is C#CCn1ncc(Cl)c(NC2(CO)CCC(C)CC2)c1=O. The Labute approximate surface area is 129 Å². The molecule has 21 heavy (non-hydrogen) atoms. The van der Waals surface area contributed by atoms with Gasteiger partial charge in [0.25, 0.3) is 5.56 Å². The quantitative estimate of drug-likeness (QED) is 0.833. The van der Waals surface area contributed by atoms with Crippen molar-refractivity contribution in [3.63, 3.8) is 0 Å². The molecule has 0 bridgehead atoms. The van der Waals surface area contributed by atoms with Gasteiger partial charge in [-0.25, -0.2) is 4.68 Å². The predicted octanol–water partition coefficient (Wildman–Crippen LogP) is 1.88. The minimum Gasteiger partial charge on any atom is -0.394 e. The van der Waals surface area contributed by atoms with Crippen LogP contribution in [-0.4, -0.2) is 27.0 Å². The fourth-order valence-electron chi connectivity index (χ4n) is 2.68. The first-order chi connectivity index (χ1) is 10.0. The first-order valence-corrected chi connectivity index (χ1v) is 7.47. The molecule has 1 aromatic heterocycles. The highest BCUT2D eigenvalue weighted by Crippen LogP contribution is 2.34. The molecule has 2 rings (SSSR count). The van der Waals surface area contributed by atoms with Crippen molar-refractivity contribution in [3.8, 4) is 12.3 Å². The van der Waals surface area contributed by atoms with Crippen molar-refractivity contribution < 1.29 is 5.11 Å². The highest BCUT2D eigenvalue weighted by atomic mass is 35.5. The van der Waals surface area contributed by atoms with Gasteiger partial charge in [-0.3, -0.25) is 4.79 Å². The van der Waals surface area contributed by atoms with Crippen molar-refractivity contribution in [2.45, 2.75) is 44.7 Å². The Balaban J connectivity index is 2.32. The van der Waals surface area contributed by atoms with E-state index in [1.54, 1.807) is 0 Å². The Morgan fingerprint density at radius 3 is 2.86 bits per heavy atom. The van der Waals surface area contributed by atoms with Crippen LogP contribution in [-0.2, 0) is 6.54 Å². The van der Waals surface area contributed by atoms with E-state index in [0.29, 0.717) is 5.92 Å². The molecule has 114 valence electrons. The Hall–Kier alpha value is -1.51. The second kappa shape index (κ2) is 6.50. The van der Waals surface area contributed by atoms with Crippen molar-refractivity contribution in [1.82, 2.24) is 9.78 Å². The van der Waals surface area contributed by atoms with Crippen molar-refractivity contribution in [1.29, 1.82) is 0 Å². The molecule has 1 aromatic rings. The summed E-state index contributed by atoms with van der Waals surface area (Å²) in [6, 6.07) is 0. The molecule has 1 aliphatic carbocycles. The van der Waals surface area contributed by atoms with E-state index in [0.717, 1.165) is 25.7 Å². The van der Waals surface area contributed by atoms with E-state index in [1.165, 1.54) is 10.9 Å². The van der Waals surface area contributed by atoms with Gasteiger partial charge in [-0.05, 0) is 31.6 Å². The highest BCUT2D eigenvalue weighted by Gasteiger charge is 2.34. The number of nitrogens with one attached hydrogen (secondary N) is 1.